The lowest BCUT2D eigenvalue weighted by Gasteiger charge is -2.32. The maximum Gasteiger partial charge on any atom is 0.226 e. The van der Waals surface area contributed by atoms with E-state index in [-0.39, 0.29) is 17.7 Å². The first-order valence-electron chi connectivity index (χ1n) is 7.49. The van der Waals surface area contributed by atoms with Gasteiger partial charge in [0.2, 0.25) is 5.91 Å². The molecule has 1 aromatic carbocycles. The standard InChI is InChI=1S/C16H20Cl2N2O/c1-20(13-2-4-19-5-3-13)16(21)15-9-14(15)10-6-11(17)8-12(18)7-10/h6-8,13-15,19H,2-5,9H2,1H3. The molecule has 1 aromatic rings. The number of nitrogens with zero attached hydrogens (tertiary/aromatic N) is 1. The van der Waals surface area contributed by atoms with Crippen LogP contribution < -0.4 is 5.32 Å². The van der Waals surface area contributed by atoms with Gasteiger partial charge in [-0.1, -0.05) is 23.2 Å². The Balaban J connectivity index is 1.65. The molecule has 1 N–H and O–H groups in total. The smallest absolute Gasteiger partial charge is 0.226 e. The highest BCUT2D eigenvalue weighted by molar-refractivity contribution is 6.34. The van der Waals surface area contributed by atoms with Crippen LogP contribution in [0.15, 0.2) is 18.2 Å². The summed E-state index contributed by atoms with van der Waals surface area (Å²) >= 11 is 12.1. The van der Waals surface area contributed by atoms with Crippen molar-refractivity contribution in [3.05, 3.63) is 33.8 Å². The monoisotopic (exact) mass is 326 g/mol. The van der Waals surface area contributed by atoms with Gasteiger partial charge in [0.25, 0.3) is 0 Å². The van der Waals surface area contributed by atoms with E-state index < -0.39 is 0 Å². The van der Waals surface area contributed by atoms with Gasteiger partial charge in [-0.25, -0.2) is 0 Å². The van der Waals surface area contributed by atoms with E-state index >= 15 is 0 Å². The summed E-state index contributed by atoms with van der Waals surface area (Å²) in [5.41, 5.74) is 1.09. The van der Waals surface area contributed by atoms with Gasteiger partial charge < -0.3 is 10.2 Å². The van der Waals surface area contributed by atoms with Crippen molar-refractivity contribution in [2.75, 3.05) is 20.1 Å². The summed E-state index contributed by atoms with van der Waals surface area (Å²) in [7, 11) is 1.94. The molecule has 0 aromatic heterocycles. The maximum atomic E-state index is 12.6. The van der Waals surface area contributed by atoms with Gasteiger partial charge >= 0.3 is 0 Å². The average Bonchev–Trinajstić information content (AvgIpc) is 3.26. The Morgan fingerprint density at radius 1 is 1.19 bits per heavy atom. The Labute approximate surface area is 135 Å². The van der Waals surface area contributed by atoms with E-state index in [2.05, 4.69) is 5.32 Å². The Bertz CT molecular complexity index is 523. The molecule has 0 bridgehead atoms. The first-order chi connectivity index (χ1) is 10.1. The molecular weight excluding hydrogens is 307 g/mol. The zero-order chi connectivity index (χ0) is 15.0. The van der Waals surface area contributed by atoms with Crippen molar-refractivity contribution >= 4 is 29.1 Å². The highest BCUT2D eigenvalue weighted by Crippen LogP contribution is 2.49. The van der Waals surface area contributed by atoms with E-state index in [4.69, 9.17) is 23.2 Å². The van der Waals surface area contributed by atoms with Gasteiger partial charge in [0.15, 0.2) is 0 Å². The quantitative estimate of drug-likeness (QED) is 0.924. The molecule has 2 atom stereocenters. The van der Waals surface area contributed by atoms with Crippen molar-refractivity contribution in [2.24, 2.45) is 5.92 Å². The summed E-state index contributed by atoms with van der Waals surface area (Å²) in [5, 5.41) is 4.62. The van der Waals surface area contributed by atoms with Gasteiger partial charge in [-0.15, -0.1) is 0 Å². The third-order valence-electron chi connectivity index (χ3n) is 4.62. The number of piperidine rings is 1. The minimum Gasteiger partial charge on any atom is -0.342 e. The molecule has 2 fully saturated rings. The van der Waals surface area contributed by atoms with Gasteiger partial charge in [-0.3, -0.25) is 4.79 Å². The van der Waals surface area contributed by atoms with Crippen LogP contribution in [0.25, 0.3) is 0 Å². The minimum atomic E-state index is 0.0967. The molecule has 1 saturated carbocycles. The molecule has 1 aliphatic heterocycles. The van der Waals surface area contributed by atoms with E-state index in [1.165, 1.54) is 0 Å². The topological polar surface area (TPSA) is 32.3 Å². The van der Waals surface area contributed by atoms with Crippen LogP contribution in [-0.2, 0) is 4.79 Å². The largest absolute Gasteiger partial charge is 0.342 e. The van der Waals surface area contributed by atoms with Crippen LogP contribution >= 0.6 is 23.2 Å². The summed E-state index contributed by atoms with van der Waals surface area (Å²) in [6.45, 7) is 2.00. The molecule has 3 nitrogen and oxygen atoms in total. The number of benzene rings is 1. The molecule has 0 spiro atoms. The van der Waals surface area contributed by atoms with Crippen LogP contribution in [0.5, 0.6) is 0 Å². The number of carbonyl (C=O) groups excluding carboxylic acids is 1. The van der Waals surface area contributed by atoms with Crippen molar-refractivity contribution in [1.29, 1.82) is 0 Å². The van der Waals surface area contributed by atoms with Gasteiger partial charge in [0.1, 0.15) is 0 Å². The van der Waals surface area contributed by atoms with Crippen LogP contribution in [0.1, 0.15) is 30.7 Å². The predicted octanol–water partition coefficient (Wildman–Crippen LogP) is 3.31. The van der Waals surface area contributed by atoms with Crippen LogP contribution in [-0.4, -0.2) is 37.0 Å². The van der Waals surface area contributed by atoms with Gasteiger partial charge in [-0.05, 0) is 62.0 Å². The fourth-order valence-electron chi connectivity index (χ4n) is 3.26. The molecule has 2 aliphatic rings. The molecule has 1 saturated heterocycles. The molecule has 0 radical (unpaired) electrons. The lowest BCUT2D eigenvalue weighted by atomic mass is 10.0. The second-order valence-electron chi connectivity index (χ2n) is 6.08. The van der Waals surface area contributed by atoms with E-state index in [1.54, 1.807) is 6.07 Å². The van der Waals surface area contributed by atoms with E-state index in [1.807, 2.05) is 24.1 Å². The molecule has 1 heterocycles. The van der Waals surface area contributed by atoms with E-state index in [9.17, 15) is 4.79 Å². The van der Waals surface area contributed by atoms with Crippen LogP contribution in [0.3, 0.4) is 0 Å². The number of hydrogen-bond donors (Lipinski definition) is 1. The fourth-order valence-corrected chi connectivity index (χ4v) is 3.80. The highest BCUT2D eigenvalue weighted by Gasteiger charge is 2.46. The van der Waals surface area contributed by atoms with Crippen molar-refractivity contribution in [3.8, 4) is 0 Å². The highest BCUT2D eigenvalue weighted by atomic mass is 35.5. The van der Waals surface area contributed by atoms with Gasteiger partial charge in [0.05, 0.1) is 0 Å². The van der Waals surface area contributed by atoms with Crippen LogP contribution in [0, 0.1) is 5.92 Å². The summed E-state index contributed by atoms with van der Waals surface area (Å²) < 4.78 is 0. The summed E-state index contributed by atoms with van der Waals surface area (Å²) in [6, 6.07) is 5.96. The Hall–Kier alpha value is -0.770. The lowest BCUT2D eigenvalue weighted by Crippen LogP contribution is -2.44. The molecular formula is C16H20Cl2N2O. The normalized spacial score (nSPS) is 25.7. The second kappa shape index (κ2) is 6.15. The number of nitrogens with one attached hydrogen (secondary N) is 1. The number of carbonyl (C=O) groups is 1. The van der Waals surface area contributed by atoms with Gasteiger partial charge in [0, 0.05) is 29.1 Å². The third-order valence-corrected chi connectivity index (χ3v) is 5.06. The number of hydrogen-bond acceptors (Lipinski definition) is 2. The Morgan fingerprint density at radius 3 is 2.43 bits per heavy atom. The van der Waals surface area contributed by atoms with Crippen molar-refractivity contribution in [2.45, 2.75) is 31.2 Å². The summed E-state index contributed by atoms with van der Waals surface area (Å²) in [6.07, 6.45) is 3.00. The molecule has 114 valence electrons. The average molecular weight is 327 g/mol. The molecule has 1 aliphatic carbocycles. The van der Waals surface area contributed by atoms with Crippen molar-refractivity contribution in [1.82, 2.24) is 10.2 Å². The SMILES string of the molecule is CN(C(=O)C1CC1c1cc(Cl)cc(Cl)c1)C1CCNCC1. The number of halogens is 2. The molecule has 2 unspecified atom stereocenters. The Morgan fingerprint density at radius 2 is 1.81 bits per heavy atom. The third kappa shape index (κ3) is 3.36. The predicted molar refractivity (Wildman–Crippen MR) is 86.0 cm³/mol. The number of rotatable bonds is 3. The van der Waals surface area contributed by atoms with Crippen molar-refractivity contribution in [3.63, 3.8) is 0 Å². The number of amides is 1. The molecule has 5 heteroatoms. The summed E-state index contributed by atoms with van der Waals surface area (Å²) in [4.78, 5) is 14.6. The molecule has 1 amide bonds. The van der Waals surface area contributed by atoms with Crippen molar-refractivity contribution < 1.29 is 4.79 Å². The summed E-state index contributed by atoms with van der Waals surface area (Å²) in [5.74, 6) is 0.639. The van der Waals surface area contributed by atoms with Crippen LogP contribution in [0.4, 0.5) is 0 Å². The fraction of sp³-hybridized carbons (Fsp3) is 0.562. The zero-order valence-corrected chi connectivity index (χ0v) is 13.6. The maximum absolute atomic E-state index is 12.6. The molecule has 21 heavy (non-hydrogen) atoms. The lowest BCUT2D eigenvalue weighted by molar-refractivity contribution is -0.133. The first kappa shape index (κ1) is 15.1. The first-order valence-corrected chi connectivity index (χ1v) is 8.25. The minimum absolute atomic E-state index is 0.0967. The van der Waals surface area contributed by atoms with Gasteiger partial charge in [-0.2, -0.15) is 0 Å². The van der Waals surface area contributed by atoms with E-state index in [0.29, 0.717) is 16.1 Å². The zero-order valence-electron chi connectivity index (χ0n) is 12.1. The molecule has 3 rings (SSSR count). The second-order valence-corrected chi connectivity index (χ2v) is 6.95. The Kier molecular flexibility index (Phi) is 4.43. The van der Waals surface area contributed by atoms with Crippen LogP contribution in [0.2, 0.25) is 10.0 Å². The van der Waals surface area contributed by atoms with E-state index in [0.717, 1.165) is 37.9 Å².